The lowest BCUT2D eigenvalue weighted by atomic mass is 9.86. The molecule has 0 fully saturated rings. The number of carbonyl (C=O) groups is 1. The Hall–Kier alpha value is -2.14. The van der Waals surface area contributed by atoms with Gasteiger partial charge < -0.3 is 14.8 Å². The minimum Gasteiger partial charge on any atom is -0.477 e. The molecular formula is C16H19NO4. The molecule has 0 aliphatic rings. The lowest BCUT2D eigenvalue weighted by molar-refractivity contribution is 0.0692. The number of hydrogen-bond donors (Lipinski definition) is 2. The summed E-state index contributed by atoms with van der Waals surface area (Å²) in [6.07, 6.45) is 1.33. The van der Waals surface area contributed by atoms with Gasteiger partial charge in [0.05, 0.1) is 18.2 Å². The van der Waals surface area contributed by atoms with Crippen LogP contribution >= 0.6 is 0 Å². The number of carboxylic acid groups (broad SMARTS) is 1. The zero-order valence-electron chi connectivity index (χ0n) is 12.3. The zero-order valence-corrected chi connectivity index (χ0v) is 12.3. The van der Waals surface area contributed by atoms with Crippen LogP contribution < -0.4 is 5.43 Å². The summed E-state index contributed by atoms with van der Waals surface area (Å²) in [5, 5.41) is 19.3. The van der Waals surface area contributed by atoms with E-state index in [9.17, 15) is 19.8 Å². The van der Waals surface area contributed by atoms with Crippen LogP contribution in [0.1, 0.15) is 37.2 Å². The molecule has 21 heavy (non-hydrogen) atoms. The van der Waals surface area contributed by atoms with Crippen LogP contribution in [0.15, 0.2) is 35.3 Å². The molecule has 2 aromatic rings. The predicted octanol–water partition coefficient (Wildman–Crippen LogP) is 2.28. The number of rotatable bonds is 3. The number of benzene rings is 1. The SMILES string of the molecule is CC(C)(C)[C@@H](CO)n1cc(C(=O)O)c(=O)c2ccccc21. The average molecular weight is 289 g/mol. The monoisotopic (exact) mass is 289 g/mol. The fourth-order valence-corrected chi connectivity index (χ4v) is 2.49. The molecule has 0 saturated heterocycles. The largest absolute Gasteiger partial charge is 0.477 e. The molecule has 5 nitrogen and oxygen atoms in total. The van der Waals surface area contributed by atoms with Gasteiger partial charge in [0.1, 0.15) is 5.56 Å². The number of aliphatic hydroxyl groups excluding tert-OH is 1. The van der Waals surface area contributed by atoms with Gasteiger partial charge in [-0.15, -0.1) is 0 Å². The highest BCUT2D eigenvalue weighted by molar-refractivity contribution is 5.92. The maximum absolute atomic E-state index is 12.2. The fourth-order valence-electron chi connectivity index (χ4n) is 2.49. The van der Waals surface area contributed by atoms with Crippen molar-refractivity contribution in [2.45, 2.75) is 26.8 Å². The van der Waals surface area contributed by atoms with Crippen molar-refractivity contribution >= 4 is 16.9 Å². The first-order valence-corrected chi connectivity index (χ1v) is 6.75. The molecule has 0 unspecified atom stereocenters. The summed E-state index contributed by atoms with van der Waals surface area (Å²) < 4.78 is 1.69. The Balaban J connectivity index is 2.88. The number of aliphatic hydroxyl groups is 1. The van der Waals surface area contributed by atoms with Crippen molar-refractivity contribution in [3.8, 4) is 0 Å². The maximum atomic E-state index is 12.2. The maximum Gasteiger partial charge on any atom is 0.341 e. The second-order valence-electron chi connectivity index (χ2n) is 6.17. The number of aromatic nitrogens is 1. The highest BCUT2D eigenvalue weighted by Crippen LogP contribution is 2.32. The van der Waals surface area contributed by atoms with E-state index in [0.717, 1.165) is 0 Å². The molecule has 2 rings (SSSR count). The quantitative estimate of drug-likeness (QED) is 0.908. The third-order valence-electron chi connectivity index (χ3n) is 3.68. The van der Waals surface area contributed by atoms with Gasteiger partial charge in [0.2, 0.25) is 5.43 Å². The minimum absolute atomic E-state index is 0.143. The van der Waals surface area contributed by atoms with Crippen LogP contribution in [0.5, 0.6) is 0 Å². The van der Waals surface area contributed by atoms with Gasteiger partial charge in [0.25, 0.3) is 0 Å². The Labute approximate surface area is 122 Å². The van der Waals surface area contributed by atoms with Gasteiger partial charge in [-0.2, -0.15) is 0 Å². The second-order valence-corrected chi connectivity index (χ2v) is 6.17. The van der Waals surface area contributed by atoms with Crippen molar-refractivity contribution < 1.29 is 15.0 Å². The summed E-state index contributed by atoms with van der Waals surface area (Å²) in [7, 11) is 0. The van der Waals surface area contributed by atoms with Gasteiger partial charge in [-0.3, -0.25) is 4.79 Å². The van der Waals surface area contributed by atoms with Gasteiger partial charge in [-0.05, 0) is 17.5 Å². The third kappa shape index (κ3) is 2.69. The molecule has 0 spiro atoms. The van der Waals surface area contributed by atoms with E-state index >= 15 is 0 Å². The molecule has 0 bridgehead atoms. The van der Waals surface area contributed by atoms with Crippen molar-refractivity contribution in [2.24, 2.45) is 5.41 Å². The Kier molecular flexibility index (Phi) is 3.87. The second kappa shape index (κ2) is 5.33. The summed E-state index contributed by atoms with van der Waals surface area (Å²) in [5.74, 6) is -1.26. The summed E-state index contributed by atoms with van der Waals surface area (Å²) >= 11 is 0. The minimum atomic E-state index is -1.26. The van der Waals surface area contributed by atoms with Crippen LogP contribution in [0.3, 0.4) is 0 Å². The van der Waals surface area contributed by atoms with E-state index in [1.54, 1.807) is 28.8 Å². The number of para-hydroxylation sites is 1. The first-order chi connectivity index (χ1) is 9.77. The highest BCUT2D eigenvalue weighted by atomic mass is 16.4. The van der Waals surface area contributed by atoms with Crippen LogP contribution in [0.25, 0.3) is 10.9 Å². The van der Waals surface area contributed by atoms with Crippen molar-refractivity contribution in [3.63, 3.8) is 0 Å². The molecule has 0 radical (unpaired) electrons. The van der Waals surface area contributed by atoms with Crippen LogP contribution in [0, 0.1) is 5.41 Å². The number of nitrogens with zero attached hydrogens (tertiary/aromatic N) is 1. The van der Waals surface area contributed by atoms with E-state index in [0.29, 0.717) is 10.9 Å². The number of pyridine rings is 1. The van der Waals surface area contributed by atoms with E-state index < -0.39 is 11.4 Å². The Morgan fingerprint density at radius 2 is 1.90 bits per heavy atom. The van der Waals surface area contributed by atoms with E-state index in [2.05, 4.69) is 0 Å². The number of aromatic carboxylic acids is 1. The summed E-state index contributed by atoms with van der Waals surface area (Å²) in [6.45, 7) is 5.74. The number of fused-ring (bicyclic) bond motifs is 1. The zero-order chi connectivity index (χ0) is 15.8. The first-order valence-electron chi connectivity index (χ1n) is 6.75. The highest BCUT2D eigenvalue weighted by Gasteiger charge is 2.27. The van der Waals surface area contributed by atoms with Crippen molar-refractivity contribution in [1.82, 2.24) is 4.57 Å². The average Bonchev–Trinajstić information content (AvgIpc) is 2.40. The fraction of sp³-hybridized carbons (Fsp3) is 0.375. The van der Waals surface area contributed by atoms with Gasteiger partial charge in [-0.1, -0.05) is 32.9 Å². The molecule has 112 valence electrons. The van der Waals surface area contributed by atoms with Gasteiger partial charge in [0.15, 0.2) is 0 Å². The van der Waals surface area contributed by atoms with Gasteiger partial charge >= 0.3 is 5.97 Å². The molecule has 2 N–H and O–H groups in total. The van der Waals surface area contributed by atoms with E-state index in [1.165, 1.54) is 6.20 Å². The predicted molar refractivity (Wildman–Crippen MR) is 80.7 cm³/mol. The van der Waals surface area contributed by atoms with Crippen molar-refractivity contribution in [1.29, 1.82) is 0 Å². The number of hydrogen-bond acceptors (Lipinski definition) is 3. The summed E-state index contributed by atoms with van der Waals surface area (Å²) in [5.41, 5.74) is -0.444. The Bertz CT molecular complexity index is 740. The van der Waals surface area contributed by atoms with Crippen LogP contribution in [0.2, 0.25) is 0 Å². The van der Waals surface area contributed by atoms with E-state index in [-0.39, 0.29) is 23.6 Å². The molecule has 0 amide bonds. The summed E-state index contributed by atoms with van der Waals surface area (Å²) in [6, 6.07) is 6.52. The lowest BCUT2D eigenvalue weighted by Crippen LogP contribution is -2.30. The molecule has 5 heteroatoms. The first kappa shape index (κ1) is 15.3. The summed E-state index contributed by atoms with van der Waals surface area (Å²) in [4.78, 5) is 23.5. The van der Waals surface area contributed by atoms with Crippen LogP contribution in [0.4, 0.5) is 0 Å². The standard InChI is InChI=1S/C16H19NO4/c1-16(2,3)13(9-18)17-8-11(15(20)21)14(19)10-6-4-5-7-12(10)17/h4-8,13,18H,9H2,1-3H3,(H,20,21)/t13-/m1/s1. The molecule has 1 aromatic heterocycles. The molecule has 1 aromatic carbocycles. The van der Waals surface area contributed by atoms with Gasteiger partial charge in [0, 0.05) is 11.6 Å². The molecule has 1 heterocycles. The lowest BCUT2D eigenvalue weighted by Gasteiger charge is -2.32. The van der Waals surface area contributed by atoms with Gasteiger partial charge in [-0.25, -0.2) is 4.79 Å². The molecular weight excluding hydrogens is 270 g/mol. The van der Waals surface area contributed by atoms with Crippen LogP contribution in [-0.4, -0.2) is 27.4 Å². The molecule has 0 aliphatic carbocycles. The smallest absolute Gasteiger partial charge is 0.341 e. The Morgan fingerprint density at radius 3 is 2.43 bits per heavy atom. The number of carboxylic acids is 1. The van der Waals surface area contributed by atoms with Crippen molar-refractivity contribution in [2.75, 3.05) is 6.61 Å². The molecule has 1 atom stereocenters. The van der Waals surface area contributed by atoms with E-state index in [1.807, 2.05) is 20.8 Å². The molecule has 0 aliphatic heterocycles. The third-order valence-corrected chi connectivity index (χ3v) is 3.68. The molecule has 0 saturated carbocycles. The normalized spacial score (nSPS) is 13.3. The van der Waals surface area contributed by atoms with Crippen molar-refractivity contribution in [3.05, 3.63) is 46.2 Å². The topological polar surface area (TPSA) is 79.5 Å². The Morgan fingerprint density at radius 1 is 1.29 bits per heavy atom. The van der Waals surface area contributed by atoms with E-state index in [4.69, 9.17) is 0 Å². The van der Waals surface area contributed by atoms with Crippen LogP contribution in [-0.2, 0) is 0 Å².